The Kier molecular flexibility index (Phi) is 1.65. The zero-order valence-electron chi connectivity index (χ0n) is 8.72. The van der Waals surface area contributed by atoms with E-state index in [0.29, 0.717) is 5.41 Å². The molecule has 0 spiro atoms. The van der Waals surface area contributed by atoms with Crippen LogP contribution in [0.4, 0.5) is 0 Å². The minimum absolute atomic E-state index is 0.638. The highest BCUT2D eigenvalue weighted by atomic mass is 14.6. The summed E-state index contributed by atoms with van der Waals surface area (Å²) >= 11 is 0. The molecule has 0 heteroatoms. The second-order valence-electron chi connectivity index (χ2n) is 5.26. The zero-order valence-corrected chi connectivity index (χ0v) is 8.72. The summed E-state index contributed by atoms with van der Waals surface area (Å²) in [6, 6.07) is 0. The molecule has 0 aliphatic heterocycles. The second kappa shape index (κ2) is 2.37. The van der Waals surface area contributed by atoms with Crippen LogP contribution < -0.4 is 0 Å². The van der Waals surface area contributed by atoms with Crippen LogP contribution in [0, 0.1) is 23.2 Å². The molecule has 2 bridgehead atoms. The molecule has 0 aromatic carbocycles. The van der Waals surface area contributed by atoms with E-state index < -0.39 is 0 Å². The third kappa shape index (κ3) is 0.841. The first-order valence-corrected chi connectivity index (χ1v) is 5.28. The van der Waals surface area contributed by atoms with Gasteiger partial charge in [0, 0.05) is 0 Å². The van der Waals surface area contributed by atoms with E-state index in [0.717, 1.165) is 17.8 Å². The fraction of sp³-hybridized carbons (Fsp3) is 0.833. The molecule has 68 valence electrons. The normalized spacial score (nSPS) is 38.8. The first kappa shape index (κ1) is 8.34. The molecule has 3 aliphatic carbocycles. The molecule has 0 saturated heterocycles. The number of rotatable bonds is 2. The molecule has 0 radical (unpaired) electrons. The summed E-state index contributed by atoms with van der Waals surface area (Å²) in [4.78, 5) is 0. The number of hydrogen-bond acceptors (Lipinski definition) is 0. The Bertz CT molecular complexity index is 214. The molecule has 0 nitrogen and oxygen atoms in total. The molecule has 12 heavy (non-hydrogen) atoms. The maximum absolute atomic E-state index is 2.56. The van der Waals surface area contributed by atoms with Gasteiger partial charge in [-0.1, -0.05) is 39.3 Å². The van der Waals surface area contributed by atoms with E-state index in [1.807, 2.05) is 0 Å². The van der Waals surface area contributed by atoms with E-state index in [1.54, 1.807) is 5.57 Å². The predicted octanol–water partition coefficient (Wildman–Crippen LogP) is 3.63. The first-order valence-electron chi connectivity index (χ1n) is 5.28. The van der Waals surface area contributed by atoms with E-state index in [1.165, 1.54) is 12.8 Å². The van der Waals surface area contributed by atoms with Gasteiger partial charge in [-0.25, -0.2) is 0 Å². The molecule has 3 aliphatic rings. The molecule has 0 aromatic rings. The number of allylic oxidation sites excluding steroid dienone is 2. The fourth-order valence-electron chi connectivity index (χ4n) is 3.22. The monoisotopic (exact) mass is 164 g/mol. The molecule has 1 saturated carbocycles. The molecular formula is C12H20. The summed E-state index contributed by atoms with van der Waals surface area (Å²) in [5, 5.41) is 0. The van der Waals surface area contributed by atoms with Gasteiger partial charge < -0.3 is 0 Å². The molecular weight excluding hydrogens is 144 g/mol. The average molecular weight is 164 g/mol. The van der Waals surface area contributed by atoms with Gasteiger partial charge in [0.25, 0.3) is 0 Å². The van der Waals surface area contributed by atoms with Gasteiger partial charge in [0.1, 0.15) is 0 Å². The lowest BCUT2D eigenvalue weighted by atomic mass is 9.58. The zero-order chi connectivity index (χ0) is 8.93. The maximum atomic E-state index is 2.56. The summed E-state index contributed by atoms with van der Waals surface area (Å²) in [5.74, 6) is 2.58. The van der Waals surface area contributed by atoms with Crippen LogP contribution in [0.2, 0.25) is 0 Å². The van der Waals surface area contributed by atoms with E-state index in [-0.39, 0.29) is 0 Å². The lowest BCUT2D eigenvalue weighted by Crippen LogP contribution is -2.37. The summed E-state index contributed by atoms with van der Waals surface area (Å²) in [7, 11) is 0. The van der Waals surface area contributed by atoms with Crippen molar-refractivity contribution in [2.24, 2.45) is 23.2 Å². The Morgan fingerprint density at radius 2 is 1.83 bits per heavy atom. The van der Waals surface area contributed by atoms with Gasteiger partial charge >= 0.3 is 0 Å². The minimum Gasteiger partial charge on any atom is -0.0813 e. The molecule has 1 fully saturated rings. The van der Waals surface area contributed by atoms with Crippen molar-refractivity contribution in [2.45, 2.75) is 40.5 Å². The molecule has 0 aromatic heterocycles. The van der Waals surface area contributed by atoms with Gasteiger partial charge in [-0.15, -0.1) is 0 Å². The minimum atomic E-state index is 0.638. The van der Waals surface area contributed by atoms with E-state index in [9.17, 15) is 0 Å². The summed E-state index contributed by atoms with van der Waals surface area (Å²) < 4.78 is 0. The van der Waals surface area contributed by atoms with Crippen LogP contribution in [0.3, 0.4) is 0 Å². The van der Waals surface area contributed by atoms with E-state index in [4.69, 9.17) is 0 Å². The highest BCUT2D eigenvalue weighted by Gasteiger charge is 2.53. The highest BCUT2D eigenvalue weighted by Crippen LogP contribution is 2.63. The van der Waals surface area contributed by atoms with Crippen molar-refractivity contribution >= 4 is 0 Å². The van der Waals surface area contributed by atoms with E-state index in [2.05, 4.69) is 33.8 Å². The largest absolute Gasteiger partial charge is 0.0813 e. The van der Waals surface area contributed by atoms with Crippen LogP contribution >= 0.6 is 0 Å². The van der Waals surface area contributed by atoms with Crippen molar-refractivity contribution < 1.29 is 0 Å². The third-order valence-corrected chi connectivity index (χ3v) is 3.97. The van der Waals surface area contributed by atoms with Crippen LogP contribution in [0.25, 0.3) is 0 Å². The number of hydrogen-bond donors (Lipinski definition) is 0. The van der Waals surface area contributed by atoms with Crippen LogP contribution in [0.15, 0.2) is 11.6 Å². The van der Waals surface area contributed by atoms with Gasteiger partial charge in [0.05, 0.1) is 0 Å². The van der Waals surface area contributed by atoms with Crippen molar-refractivity contribution in [1.29, 1.82) is 0 Å². The van der Waals surface area contributed by atoms with Gasteiger partial charge in [-0.3, -0.25) is 0 Å². The fourth-order valence-corrected chi connectivity index (χ4v) is 3.22. The molecule has 3 rings (SSSR count). The standard InChI is InChI=1S/C12H20/c1-8(2)11-5-10-6-12(11,7-10)9(3)4/h5,8-10H,6-7H2,1-4H3. The Balaban J connectivity index is 2.25. The Hall–Kier alpha value is -0.260. The smallest absolute Gasteiger partial charge is 0.00513 e. The van der Waals surface area contributed by atoms with Crippen molar-refractivity contribution in [3.8, 4) is 0 Å². The van der Waals surface area contributed by atoms with Crippen molar-refractivity contribution in [3.63, 3.8) is 0 Å². The van der Waals surface area contributed by atoms with Crippen LogP contribution in [-0.4, -0.2) is 0 Å². The van der Waals surface area contributed by atoms with Crippen molar-refractivity contribution in [2.75, 3.05) is 0 Å². The Morgan fingerprint density at radius 1 is 1.25 bits per heavy atom. The topological polar surface area (TPSA) is 0 Å². The molecule has 0 N–H and O–H groups in total. The first-order chi connectivity index (χ1) is 5.56. The molecule has 0 amide bonds. The predicted molar refractivity (Wildman–Crippen MR) is 52.9 cm³/mol. The summed E-state index contributed by atoms with van der Waals surface area (Å²) in [6.07, 6.45) is 5.47. The van der Waals surface area contributed by atoms with Crippen LogP contribution in [0.5, 0.6) is 0 Å². The molecule has 0 unspecified atom stereocenters. The lowest BCUT2D eigenvalue weighted by molar-refractivity contribution is 0.0931. The van der Waals surface area contributed by atoms with Crippen LogP contribution in [0.1, 0.15) is 40.5 Å². The quantitative estimate of drug-likeness (QED) is 0.547. The van der Waals surface area contributed by atoms with Crippen molar-refractivity contribution in [3.05, 3.63) is 11.6 Å². The van der Waals surface area contributed by atoms with E-state index >= 15 is 0 Å². The summed E-state index contributed by atoms with van der Waals surface area (Å²) in [6.45, 7) is 9.46. The Morgan fingerprint density at radius 3 is 2.17 bits per heavy atom. The van der Waals surface area contributed by atoms with Gasteiger partial charge in [0.15, 0.2) is 0 Å². The second-order valence-corrected chi connectivity index (χ2v) is 5.26. The average Bonchev–Trinajstić information content (AvgIpc) is 2.35. The SMILES string of the molecule is CC(C)C1=CC2CC1(C(C)C)C2. The van der Waals surface area contributed by atoms with Gasteiger partial charge in [0.2, 0.25) is 0 Å². The Labute approximate surface area is 76.1 Å². The van der Waals surface area contributed by atoms with Gasteiger partial charge in [-0.2, -0.15) is 0 Å². The maximum Gasteiger partial charge on any atom is -0.00513 e. The molecule has 0 heterocycles. The summed E-state index contributed by atoms with van der Waals surface area (Å²) in [5.41, 5.74) is 2.40. The highest BCUT2D eigenvalue weighted by molar-refractivity contribution is 5.32. The van der Waals surface area contributed by atoms with Crippen LogP contribution in [-0.2, 0) is 0 Å². The van der Waals surface area contributed by atoms with Crippen molar-refractivity contribution in [1.82, 2.24) is 0 Å². The lowest BCUT2D eigenvalue weighted by Gasteiger charge is -2.46. The van der Waals surface area contributed by atoms with Gasteiger partial charge in [-0.05, 0) is 36.0 Å². The molecule has 0 atom stereocenters. The third-order valence-electron chi connectivity index (χ3n) is 3.97.